The summed E-state index contributed by atoms with van der Waals surface area (Å²) in [7, 11) is 0. The second kappa shape index (κ2) is 11.1. The number of alkyl halides is 1. The highest BCUT2D eigenvalue weighted by atomic mass is 127. The van der Waals surface area contributed by atoms with Gasteiger partial charge in [-0.05, 0) is 63.2 Å². The van der Waals surface area contributed by atoms with Crippen LogP contribution in [0.2, 0.25) is 0 Å². The van der Waals surface area contributed by atoms with E-state index in [2.05, 4.69) is 73.0 Å². The normalized spacial score (nSPS) is 32.6. The van der Waals surface area contributed by atoms with Crippen molar-refractivity contribution in [2.45, 2.75) is 76.1 Å². The van der Waals surface area contributed by atoms with Gasteiger partial charge in [0, 0.05) is 15.5 Å². The molecule has 0 spiro atoms. The summed E-state index contributed by atoms with van der Waals surface area (Å²) in [5.74, 6) is 1.12. The minimum absolute atomic E-state index is 0.147. The van der Waals surface area contributed by atoms with Gasteiger partial charge in [-0.1, -0.05) is 79.0 Å². The van der Waals surface area contributed by atoms with Crippen molar-refractivity contribution in [1.29, 1.82) is 0 Å². The Hall–Kier alpha value is -0.840. The first-order valence-electron chi connectivity index (χ1n) is 10.1. The lowest BCUT2D eigenvalue weighted by Crippen LogP contribution is -2.30. The van der Waals surface area contributed by atoms with E-state index in [1.54, 1.807) is 0 Å². The molecule has 144 valence electrons. The van der Waals surface area contributed by atoms with Crippen LogP contribution >= 0.6 is 22.6 Å². The Labute approximate surface area is 173 Å². The Morgan fingerprint density at radius 1 is 1.00 bits per heavy atom. The molecule has 0 saturated heterocycles. The summed E-state index contributed by atoms with van der Waals surface area (Å²) in [5, 5.41) is 3.19. The summed E-state index contributed by atoms with van der Waals surface area (Å²) >= 11 is 2.62. The molecule has 3 heteroatoms. The highest BCUT2D eigenvalue weighted by Gasteiger charge is 2.21. The minimum Gasteiger partial charge on any atom is -0.326 e. The van der Waals surface area contributed by atoms with Gasteiger partial charge in [0.1, 0.15) is 0 Å². The third-order valence-electron chi connectivity index (χ3n) is 5.38. The van der Waals surface area contributed by atoms with Crippen LogP contribution in [0.25, 0.3) is 0 Å². The number of carbonyl (C=O) groups excluding carboxylic acids is 1. The molecule has 3 atom stereocenters. The van der Waals surface area contributed by atoms with Crippen molar-refractivity contribution in [2.24, 2.45) is 11.8 Å². The highest BCUT2D eigenvalue weighted by molar-refractivity contribution is 14.1. The van der Waals surface area contributed by atoms with Gasteiger partial charge >= 0.3 is 0 Å². The van der Waals surface area contributed by atoms with Gasteiger partial charge in [-0.3, -0.25) is 4.79 Å². The summed E-state index contributed by atoms with van der Waals surface area (Å²) in [6, 6.07) is 0. The van der Waals surface area contributed by atoms with Gasteiger partial charge in [0.2, 0.25) is 5.91 Å². The zero-order valence-corrected chi connectivity index (χ0v) is 18.7. The SMILES string of the molecule is CC1=C/C=C(C)\C=C(\NC(=O)C2CCCCC(I)CC(C)CCC2)C=C1. The van der Waals surface area contributed by atoms with Crippen LogP contribution in [0.3, 0.4) is 0 Å². The van der Waals surface area contributed by atoms with Crippen molar-refractivity contribution in [1.82, 2.24) is 5.32 Å². The average molecular weight is 467 g/mol. The molecule has 0 aromatic carbocycles. The predicted molar refractivity (Wildman–Crippen MR) is 120 cm³/mol. The van der Waals surface area contributed by atoms with E-state index in [1.165, 1.54) is 37.7 Å². The topological polar surface area (TPSA) is 29.1 Å². The van der Waals surface area contributed by atoms with Crippen molar-refractivity contribution < 1.29 is 4.79 Å². The van der Waals surface area contributed by atoms with E-state index >= 15 is 0 Å². The maximum Gasteiger partial charge on any atom is 0.227 e. The molecular weight excluding hydrogens is 433 g/mol. The molecule has 2 aliphatic carbocycles. The van der Waals surface area contributed by atoms with E-state index in [-0.39, 0.29) is 11.8 Å². The first kappa shape index (κ1) is 21.5. The molecule has 26 heavy (non-hydrogen) atoms. The van der Waals surface area contributed by atoms with Gasteiger partial charge in [-0.15, -0.1) is 0 Å². The maximum absolute atomic E-state index is 12.9. The van der Waals surface area contributed by atoms with E-state index in [9.17, 15) is 4.79 Å². The summed E-state index contributed by atoms with van der Waals surface area (Å²) in [4.78, 5) is 12.9. The van der Waals surface area contributed by atoms with E-state index in [0.29, 0.717) is 0 Å². The summed E-state index contributed by atoms with van der Waals surface area (Å²) in [6.07, 6.45) is 19.8. The third kappa shape index (κ3) is 7.81. The predicted octanol–water partition coefficient (Wildman–Crippen LogP) is 6.64. The molecule has 2 rings (SSSR count). The van der Waals surface area contributed by atoms with Crippen LogP contribution in [0.4, 0.5) is 0 Å². The molecule has 0 radical (unpaired) electrons. The van der Waals surface area contributed by atoms with Crippen molar-refractivity contribution in [3.8, 4) is 0 Å². The second-order valence-electron chi connectivity index (χ2n) is 8.09. The third-order valence-corrected chi connectivity index (χ3v) is 6.52. The van der Waals surface area contributed by atoms with Crippen LogP contribution in [0.15, 0.2) is 47.2 Å². The molecule has 2 aliphatic rings. The van der Waals surface area contributed by atoms with Crippen LogP contribution in [0.1, 0.15) is 72.1 Å². The van der Waals surface area contributed by atoms with E-state index < -0.39 is 0 Å². The lowest BCUT2D eigenvalue weighted by atomic mass is 9.92. The van der Waals surface area contributed by atoms with Crippen LogP contribution < -0.4 is 5.32 Å². The fourth-order valence-electron chi connectivity index (χ4n) is 3.75. The molecule has 3 unspecified atom stereocenters. The number of hydrogen-bond donors (Lipinski definition) is 1. The minimum atomic E-state index is 0.147. The van der Waals surface area contributed by atoms with Gasteiger partial charge in [0.15, 0.2) is 0 Å². The number of carbonyl (C=O) groups is 1. The smallest absolute Gasteiger partial charge is 0.227 e. The molecule has 1 saturated carbocycles. The second-order valence-corrected chi connectivity index (χ2v) is 9.86. The number of hydrogen-bond acceptors (Lipinski definition) is 1. The van der Waals surface area contributed by atoms with Gasteiger partial charge in [0.05, 0.1) is 0 Å². The van der Waals surface area contributed by atoms with E-state index in [1.807, 2.05) is 6.08 Å². The molecule has 2 nitrogen and oxygen atoms in total. The summed E-state index contributed by atoms with van der Waals surface area (Å²) in [5.41, 5.74) is 3.26. The lowest BCUT2D eigenvalue weighted by molar-refractivity contribution is -0.124. The Morgan fingerprint density at radius 3 is 2.50 bits per heavy atom. The van der Waals surface area contributed by atoms with E-state index in [0.717, 1.165) is 40.4 Å². The van der Waals surface area contributed by atoms with Gasteiger partial charge in [-0.2, -0.15) is 0 Å². The number of rotatable bonds is 2. The number of nitrogens with one attached hydrogen (secondary N) is 1. The number of amides is 1. The lowest BCUT2D eigenvalue weighted by Gasteiger charge is -2.18. The fraction of sp³-hybridized carbons (Fsp3) is 0.609. The molecule has 1 amide bonds. The Balaban J connectivity index is 1.99. The summed E-state index contributed by atoms with van der Waals surface area (Å²) in [6.45, 7) is 6.52. The molecule has 0 aliphatic heterocycles. The van der Waals surface area contributed by atoms with Crippen LogP contribution in [-0.4, -0.2) is 9.83 Å². The molecule has 0 heterocycles. The molecule has 0 aromatic heterocycles. The van der Waals surface area contributed by atoms with Crippen LogP contribution in [0.5, 0.6) is 0 Å². The van der Waals surface area contributed by atoms with Crippen molar-refractivity contribution in [3.05, 3.63) is 47.2 Å². The average Bonchev–Trinajstić information content (AvgIpc) is 2.61. The highest BCUT2D eigenvalue weighted by Crippen LogP contribution is 2.27. The van der Waals surface area contributed by atoms with Crippen LogP contribution in [0, 0.1) is 11.8 Å². The zero-order chi connectivity index (χ0) is 18.9. The fourth-order valence-corrected chi connectivity index (χ4v) is 5.06. The number of allylic oxidation sites excluding steroid dienone is 7. The first-order valence-corrected chi connectivity index (χ1v) is 11.4. The van der Waals surface area contributed by atoms with Gasteiger partial charge in [0.25, 0.3) is 0 Å². The van der Waals surface area contributed by atoms with E-state index in [4.69, 9.17) is 0 Å². The Kier molecular flexibility index (Phi) is 9.17. The van der Waals surface area contributed by atoms with Crippen LogP contribution in [-0.2, 0) is 4.79 Å². The summed E-state index contributed by atoms with van der Waals surface area (Å²) < 4.78 is 0.796. The molecule has 0 bridgehead atoms. The molecular formula is C23H34INO. The quantitative estimate of drug-likeness (QED) is 0.358. The van der Waals surface area contributed by atoms with Crippen molar-refractivity contribution in [2.75, 3.05) is 0 Å². The Bertz CT molecular complexity index is 599. The van der Waals surface area contributed by atoms with Crippen molar-refractivity contribution >= 4 is 28.5 Å². The number of halogens is 1. The largest absolute Gasteiger partial charge is 0.326 e. The molecule has 1 fully saturated rings. The zero-order valence-electron chi connectivity index (χ0n) is 16.6. The monoisotopic (exact) mass is 467 g/mol. The molecule has 1 N–H and O–H groups in total. The standard InChI is InChI=1S/C23H34INO/c1-17-11-12-19(3)16-22(14-13-17)25-23(26)20-8-4-5-10-21(24)15-18(2)7-6-9-20/h11-14,16,18,20-21H,4-10,15H2,1-3H3,(H,25,26)/b12-11?,14-13?,17-11?,17-13?,19-12-,19-16?,22-14?,22-16+. The first-order chi connectivity index (χ1) is 12.4. The van der Waals surface area contributed by atoms with Gasteiger partial charge in [-0.25, -0.2) is 0 Å². The maximum atomic E-state index is 12.9. The Morgan fingerprint density at radius 2 is 1.69 bits per heavy atom. The van der Waals surface area contributed by atoms with Gasteiger partial charge < -0.3 is 5.32 Å². The van der Waals surface area contributed by atoms with Crippen molar-refractivity contribution in [3.63, 3.8) is 0 Å². The molecule has 0 aromatic rings.